The number of allylic oxidation sites excluding steroid dienone is 5. The van der Waals surface area contributed by atoms with E-state index >= 15 is 0 Å². The van der Waals surface area contributed by atoms with Crippen molar-refractivity contribution in [1.82, 2.24) is 4.48 Å². The van der Waals surface area contributed by atoms with Gasteiger partial charge in [0.05, 0.1) is 99.4 Å². The lowest BCUT2D eigenvalue weighted by Crippen LogP contribution is -2.46. The minimum atomic E-state index is -0.350. The van der Waals surface area contributed by atoms with Gasteiger partial charge in [0.1, 0.15) is 53.3 Å². The van der Waals surface area contributed by atoms with Crippen LogP contribution in [0.2, 0.25) is 0 Å². The van der Waals surface area contributed by atoms with Crippen LogP contribution in [-0.2, 0) is 6.54 Å². The summed E-state index contributed by atoms with van der Waals surface area (Å²) in [5, 5.41) is 3.61. The first-order valence-corrected chi connectivity index (χ1v) is 36.8. The Morgan fingerprint density at radius 3 is 1.38 bits per heavy atom. The number of ether oxygens (including phenoxy) is 5. The van der Waals surface area contributed by atoms with E-state index in [0.29, 0.717) is 39.0 Å². The molecule has 2 aliphatic rings. The second-order valence-corrected chi connectivity index (χ2v) is 28.0. The average molecular weight is 1390 g/mol. The topological polar surface area (TPSA) is 118 Å². The summed E-state index contributed by atoms with van der Waals surface area (Å²) in [4.78, 5) is 8.85. The summed E-state index contributed by atoms with van der Waals surface area (Å²) < 4.78 is 37.2. The highest BCUT2D eigenvalue weighted by molar-refractivity contribution is 6.10. The number of methoxy groups -OCH3 is 4. The summed E-state index contributed by atoms with van der Waals surface area (Å²) in [6, 6.07) is 53.6. The first-order chi connectivity index (χ1) is 49.5. The second kappa shape index (κ2) is 34.3. The van der Waals surface area contributed by atoms with Gasteiger partial charge in [0, 0.05) is 171 Å². The maximum atomic E-state index is 6.62. The summed E-state index contributed by atoms with van der Waals surface area (Å²) in [6.45, 7) is 28.3. The van der Waals surface area contributed by atoms with Crippen molar-refractivity contribution in [3.63, 3.8) is 0 Å². The van der Waals surface area contributed by atoms with Crippen LogP contribution in [-0.4, -0.2) is 158 Å². The lowest BCUT2D eigenvalue weighted by atomic mass is 9.80. The number of nitrogen functional groups attached to an aromatic ring is 2. The fourth-order valence-electron chi connectivity index (χ4n) is 14.2. The fraction of sp³-hybridized carbons (Fsp3) is 0.364. The number of hydrogen-bond donors (Lipinski definition) is 2. The molecule has 0 radical (unpaired) electrons. The first-order valence-electron chi connectivity index (χ1n) is 36.8. The van der Waals surface area contributed by atoms with Crippen LogP contribution in [0.1, 0.15) is 95.5 Å². The second-order valence-electron chi connectivity index (χ2n) is 28.0. The molecule has 2 heterocycles. The van der Waals surface area contributed by atoms with Crippen molar-refractivity contribution < 1.29 is 37.3 Å². The molecule has 1 aromatic heterocycles. The van der Waals surface area contributed by atoms with Crippen molar-refractivity contribution in [2.24, 2.45) is 0 Å². The molecule has 0 saturated heterocycles. The van der Waals surface area contributed by atoms with Crippen molar-refractivity contribution in [2.45, 2.75) is 74.3 Å². The van der Waals surface area contributed by atoms with Crippen LogP contribution in [0.5, 0.6) is 34.5 Å². The molecule has 4 N–H and O–H groups in total. The number of quaternary nitrogens is 2. The minimum absolute atomic E-state index is 0.350. The molecule has 103 heavy (non-hydrogen) atoms. The normalized spacial score (nSPS) is 12.5. The summed E-state index contributed by atoms with van der Waals surface area (Å²) in [5.74, 6) is 3.92. The van der Waals surface area contributed by atoms with Gasteiger partial charge in [-0.3, -0.25) is 4.48 Å². The number of rotatable bonds is 25. The van der Waals surface area contributed by atoms with E-state index in [1.54, 1.807) is 28.4 Å². The van der Waals surface area contributed by atoms with Gasteiger partial charge in [-0.05, 0) is 150 Å². The number of hydrogen-bond acceptors (Lipinski definition) is 11. The fourth-order valence-corrected chi connectivity index (χ4v) is 14.2. The maximum absolute atomic E-state index is 6.62. The predicted molar refractivity (Wildman–Crippen MR) is 438 cm³/mol. The van der Waals surface area contributed by atoms with Crippen LogP contribution in [0, 0.1) is 0 Å². The third-order valence-electron chi connectivity index (χ3n) is 20.7. The van der Waals surface area contributed by atoms with Crippen LogP contribution in [0.3, 0.4) is 0 Å². The molecule has 0 amide bonds. The number of nitrogens with zero attached hydrogens (tertiary/aromatic N) is 8. The van der Waals surface area contributed by atoms with Crippen molar-refractivity contribution in [3.8, 4) is 45.8 Å². The zero-order valence-corrected chi connectivity index (χ0v) is 65.4. The Labute approximate surface area is 615 Å². The van der Waals surface area contributed by atoms with E-state index < -0.39 is 0 Å². The van der Waals surface area contributed by atoms with Crippen LogP contribution in [0.4, 0.5) is 39.8 Å². The zero-order chi connectivity index (χ0) is 74.4. The lowest BCUT2D eigenvalue weighted by Gasteiger charge is -2.34. The molecule has 9 aromatic rings. The summed E-state index contributed by atoms with van der Waals surface area (Å²) in [7, 11) is 23.4. The Bertz CT molecular complexity index is 4350. The zero-order valence-electron chi connectivity index (χ0n) is 65.4. The Morgan fingerprint density at radius 1 is 0.495 bits per heavy atom. The molecule has 15 nitrogen and oxygen atoms in total. The van der Waals surface area contributed by atoms with Gasteiger partial charge >= 0.3 is 0 Å². The van der Waals surface area contributed by atoms with Crippen LogP contribution in [0.15, 0.2) is 182 Å². The molecular weight excluding hydrogens is 1280 g/mol. The number of pyridine rings is 1. The minimum Gasteiger partial charge on any atom is -0.496 e. The van der Waals surface area contributed by atoms with E-state index in [1.807, 2.05) is 74.4 Å². The number of anilines is 6. The molecule has 1 aliphatic heterocycles. The highest BCUT2D eigenvalue weighted by Gasteiger charge is 2.40. The molecule has 0 unspecified atom stereocenters. The number of aryl methyl sites for hydroxylation is 1. The van der Waals surface area contributed by atoms with E-state index in [4.69, 9.17) is 35.2 Å². The van der Waals surface area contributed by atoms with E-state index in [2.05, 4.69) is 242 Å². The Balaban J connectivity index is 0.000000180. The summed E-state index contributed by atoms with van der Waals surface area (Å²) in [6.07, 6.45) is 10.2. The Kier molecular flexibility index (Phi) is 25.7. The average Bonchev–Trinajstić information content (AvgIpc) is 0.731. The van der Waals surface area contributed by atoms with Crippen LogP contribution >= 0.6 is 0 Å². The van der Waals surface area contributed by atoms with Gasteiger partial charge in [0.2, 0.25) is 11.2 Å². The molecule has 15 heteroatoms. The van der Waals surface area contributed by atoms with Gasteiger partial charge in [0.25, 0.3) is 0 Å². The van der Waals surface area contributed by atoms with E-state index in [-0.39, 0.29) is 5.92 Å². The largest absolute Gasteiger partial charge is 0.496 e. The monoisotopic (exact) mass is 1390 g/mol. The van der Waals surface area contributed by atoms with Crippen LogP contribution in [0.25, 0.3) is 38.5 Å². The third kappa shape index (κ3) is 17.1. The molecular formula is C88H116N10O5+4. The van der Waals surface area contributed by atoms with E-state index in [0.717, 1.165) is 121 Å². The Morgan fingerprint density at radius 2 is 0.951 bits per heavy atom. The quantitative estimate of drug-likeness (QED) is 0.0246. The first kappa shape index (κ1) is 77.2. The maximum Gasteiger partial charge on any atom is 0.220 e. The Hall–Kier alpha value is -9.96. The number of fused-ring (bicyclic) bond motifs is 5. The number of nitrogens with two attached hydrogens (primary N) is 2. The molecule has 0 saturated carbocycles. The van der Waals surface area contributed by atoms with Gasteiger partial charge < -0.3 is 59.2 Å². The van der Waals surface area contributed by atoms with Crippen molar-refractivity contribution in [2.75, 3.05) is 175 Å². The third-order valence-corrected chi connectivity index (χ3v) is 20.7. The molecule has 544 valence electrons. The molecule has 8 aromatic carbocycles. The molecule has 0 bridgehead atoms. The number of aromatic nitrogens is 1. The van der Waals surface area contributed by atoms with Crippen molar-refractivity contribution in [3.05, 3.63) is 209 Å². The smallest absolute Gasteiger partial charge is 0.220 e. The van der Waals surface area contributed by atoms with E-state index in [9.17, 15) is 0 Å². The molecule has 0 atom stereocenters. The molecule has 11 rings (SSSR count). The summed E-state index contributed by atoms with van der Waals surface area (Å²) >= 11 is 0. The lowest BCUT2D eigenvalue weighted by molar-refractivity contribution is -0.908. The standard InChI is InChI=1S/C31H42N3.C30H40N3O5.C27H33N4/c1-7-32(8-2)28-19-13-25(14-20-28)31(26-15-21-29(22-16-26)33(9-3)10-4)27-17-23-30(24-18-27)34(11-5)12-6;1-31(2)18-12-21(34-8)28-25(14-18)38-26-15-19(32(3)4)13-22(35-9)29(26)30(28)27-23(36-10)16-20(33(5,6)7)17-24(27)37-11;1-4-31(3,5-2)17-9-16-30-26-19-22(29)13-15-24(26)23-14-12-21(28)18-25(23)27(30)20-10-7-6-8-11-20/h13-24H,7-12H2,1-6H3;12-17,30H,1-11H3;6-8,10-15,18-19,29H,4-5,9,16-17,28H2,1-3H3/q3*+1/p+1. The highest BCUT2D eigenvalue weighted by Crippen LogP contribution is 2.59. The summed E-state index contributed by atoms with van der Waals surface area (Å²) in [5.41, 5.74) is 32.2. The highest BCUT2D eigenvalue weighted by atomic mass is 16.5. The molecule has 0 spiro atoms. The van der Waals surface area contributed by atoms with Gasteiger partial charge in [0.15, 0.2) is 12.3 Å². The number of benzene rings is 8. The van der Waals surface area contributed by atoms with Crippen molar-refractivity contribution >= 4 is 72.8 Å². The molecule has 0 fully saturated rings. The van der Waals surface area contributed by atoms with E-state index in [1.165, 1.54) is 72.3 Å². The SMILES string of the molecule is CCN(CC)c1ccc(C(=C2C=CC(=[N+](CC)CC)C=C2)c2ccc(N(CC)CC)cc2)cc1.CC[N+](C)(CC)CCC[n+]1c(-c2ccccc2)c2cc(N)ccc2c2ccc(N)cc21.COc1cc([N+](C)(C)C)cc(OC)c1C1c2c(OC)cc(N(C)C)cc2Oc2cc(N(C)C)cc(OC)c21. The van der Waals surface area contributed by atoms with Gasteiger partial charge in [-0.25, -0.2) is 4.58 Å². The van der Waals surface area contributed by atoms with Crippen LogP contribution < -0.4 is 63.8 Å². The van der Waals surface area contributed by atoms with Gasteiger partial charge in [-0.2, -0.15) is 4.57 Å². The van der Waals surface area contributed by atoms with Crippen molar-refractivity contribution in [1.29, 1.82) is 0 Å². The predicted octanol–water partition coefficient (Wildman–Crippen LogP) is 17.1. The van der Waals surface area contributed by atoms with Gasteiger partial charge in [-0.1, -0.05) is 48.5 Å². The molecule has 1 aliphatic carbocycles. The van der Waals surface area contributed by atoms with Gasteiger partial charge in [-0.15, -0.1) is 0 Å².